The highest BCUT2D eigenvalue weighted by atomic mass is 35.5. The number of carbonyl (C=O) groups excluding carboxylic acids is 1. The number of aromatic nitrogens is 2. The lowest BCUT2D eigenvalue weighted by Gasteiger charge is -2.37. The summed E-state index contributed by atoms with van der Waals surface area (Å²) in [6.45, 7) is 3.78. The van der Waals surface area contributed by atoms with E-state index < -0.39 is 10.4 Å². The predicted molar refractivity (Wildman–Crippen MR) is 83.7 cm³/mol. The second-order valence-electron chi connectivity index (χ2n) is 6.05. The van der Waals surface area contributed by atoms with Crippen molar-refractivity contribution in [2.45, 2.75) is 37.1 Å². The number of Topliss-reactive ketones (excluding diaryl/α,β-unsaturated/α-hetero) is 1. The summed E-state index contributed by atoms with van der Waals surface area (Å²) < 4.78 is 5.02. The SMILES string of the molecule is COc1ccc(C2(C)CCC3=C(C=CC(C)(Cl)N3)C2=O)nn1. The number of alkyl halides is 1. The lowest BCUT2D eigenvalue weighted by atomic mass is 9.70. The van der Waals surface area contributed by atoms with Gasteiger partial charge in [-0.1, -0.05) is 17.7 Å². The third kappa shape index (κ3) is 2.39. The third-order valence-corrected chi connectivity index (χ3v) is 4.54. The normalized spacial score (nSPS) is 30.8. The predicted octanol–water partition coefficient (Wildman–Crippen LogP) is 2.47. The monoisotopic (exact) mass is 319 g/mol. The third-order valence-electron chi connectivity index (χ3n) is 4.32. The number of allylic oxidation sites excluding steroid dienone is 3. The molecule has 1 N–H and O–H groups in total. The van der Waals surface area contributed by atoms with Crippen LogP contribution in [0.3, 0.4) is 0 Å². The summed E-state index contributed by atoms with van der Waals surface area (Å²) in [5.74, 6) is 0.483. The topological polar surface area (TPSA) is 64.1 Å². The van der Waals surface area contributed by atoms with Gasteiger partial charge in [0.25, 0.3) is 0 Å². The van der Waals surface area contributed by atoms with E-state index in [9.17, 15) is 4.79 Å². The first kappa shape index (κ1) is 15.0. The molecule has 0 saturated carbocycles. The molecule has 1 aromatic heterocycles. The van der Waals surface area contributed by atoms with Crippen LogP contribution in [0.1, 0.15) is 32.4 Å². The molecule has 1 aromatic rings. The van der Waals surface area contributed by atoms with Gasteiger partial charge in [-0.15, -0.1) is 5.10 Å². The molecule has 0 amide bonds. The zero-order valence-electron chi connectivity index (χ0n) is 12.8. The van der Waals surface area contributed by atoms with Crippen LogP contribution in [0.2, 0.25) is 0 Å². The highest BCUT2D eigenvalue weighted by molar-refractivity contribution is 6.25. The van der Waals surface area contributed by atoms with Crippen molar-refractivity contribution in [2.24, 2.45) is 0 Å². The summed E-state index contributed by atoms with van der Waals surface area (Å²) >= 11 is 6.28. The van der Waals surface area contributed by atoms with Crippen molar-refractivity contribution in [3.8, 4) is 5.88 Å². The van der Waals surface area contributed by atoms with E-state index in [0.717, 1.165) is 12.1 Å². The van der Waals surface area contributed by atoms with Crippen LogP contribution in [0.15, 0.2) is 35.6 Å². The maximum Gasteiger partial charge on any atom is 0.233 e. The van der Waals surface area contributed by atoms with Gasteiger partial charge in [-0.05, 0) is 38.8 Å². The molecule has 22 heavy (non-hydrogen) atoms. The fourth-order valence-corrected chi connectivity index (χ4v) is 3.08. The zero-order chi connectivity index (χ0) is 16.0. The minimum absolute atomic E-state index is 0.0455. The van der Waals surface area contributed by atoms with E-state index in [4.69, 9.17) is 16.3 Å². The number of carbonyl (C=O) groups is 1. The standard InChI is InChI=1S/C16H18ClN3O2/c1-15(12-4-5-13(22-3)20-19-12)8-7-11-10(14(15)21)6-9-16(2,17)18-11/h4-6,9,18H,7-8H2,1-3H3. The highest BCUT2D eigenvalue weighted by Crippen LogP contribution is 2.40. The first-order chi connectivity index (χ1) is 10.4. The first-order valence-corrected chi connectivity index (χ1v) is 7.56. The highest BCUT2D eigenvalue weighted by Gasteiger charge is 2.43. The summed E-state index contributed by atoms with van der Waals surface area (Å²) in [6.07, 6.45) is 5.03. The number of dihydropyridines is 1. The van der Waals surface area contributed by atoms with E-state index in [0.29, 0.717) is 23.6 Å². The Balaban J connectivity index is 1.95. The Kier molecular flexibility index (Phi) is 3.48. The van der Waals surface area contributed by atoms with Gasteiger partial charge in [-0.2, -0.15) is 5.10 Å². The maximum absolute atomic E-state index is 13.0. The minimum atomic E-state index is -0.676. The molecular weight excluding hydrogens is 302 g/mol. The van der Waals surface area contributed by atoms with Crippen LogP contribution in [0.4, 0.5) is 0 Å². The summed E-state index contributed by atoms with van der Waals surface area (Å²) in [6, 6.07) is 3.54. The fourth-order valence-electron chi connectivity index (χ4n) is 2.91. The molecule has 0 radical (unpaired) electrons. The van der Waals surface area contributed by atoms with Crippen molar-refractivity contribution < 1.29 is 9.53 Å². The Morgan fingerprint density at radius 2 is 2.09 bits per heavy atom. The number of hydrogen-bond acceptors (Lipinski definition) is 5. The molecule has 5 nitrogen and oxygen atoms in total. The maximum atomic E-state index is 13.0. The van der Waals surface area contributed by atoms with E-state index in [2.05, 4.69) is 15.5 Å². The van der Waals surface area contributed by atoms with Crippen LogP contribution < -0.4 is 10.1 Å². The average molecular weight is 320 g/mol. The number of nitrogens with zero attached hydrogens (tertiary/aromatic N) is 2. The average Bonchev–Trinajstić information content (AvgIpc) is 2.50. The summed E-state index contributed by atoms with van der Waals surface area (Å²) in [5, 5.41) is 11.4. The molecule has 1 aliphatic carbocycles. The molecule has 116 valence electrons. The number of halogens is 1. The molecule has 2 heterocycles. The summed E-state index contributed by atoms with van der Waals surface area (Å²) in [4.78, 5) is 12.3. The lowest BCUT2D eigenvalue weighted by molar-refractivity contribution is -0.121. The number of rotatable bonds is 2. The van der Waals surface area contributed by atoms with Gasteiger partial charge in [-0.3, -0.25) is 4.79 Å². The Labute approximate surface area is 134 Å². The quantitative estimate of drug-likeness (QED) is 0.670. The molecule has 0 bridgehead atoms. The van der Waals surface area contributed by atoms with Crippen LogP contribution >= 0.6 is 11.6 Å². The van der Waals surface area contributed by atoms with Crippen molar-refractivity contribution in [3.05, 3.63) is 41.2 Å². The molecule has 0 spiro atoms. The number of ether oxygens (including phenoxy) is 1. The van der Waals surface area contributed by atoms with Gasteiger partial charge in [-0.25, -0.2) is 0 Å². The lowest BCUT2D eigenvalue weighted by Crippen LogP contribution is -2.45. The van der Waals surface area contributed by atoms with Crippen LogP contribution in [0, 0.1) is 0 Å². The fraction of sp³-hybridized carbons (Fsp3) is 0.438. The Morgan fingerprint density at radius 1 is 1.32 bits per heavy atom. The van der Waals surface area contributed by atoms with Crippen molar-refractivity contribution in [1.82, 2.24) is 15.5 Å². The van der Waals surface area contributed by atoms with Crippen LogP contribution in [-0.4, -0.2) is 28.1 Å². The molecule has 0 saturated heterocycles. The number of ketones is 1. The van der Waals surface area contributed by atoms with Gasteiger partial charge < -0.3 is 10.1 Å². The minimum Gasteiger partial charge on any atom is -0.480 e. The van der Waals surface area contributed by atoms with Crippen molar-refractivity contribution in [1.29, 1.82) is 0 Å². The molecule has 1 aliphatic heterocycles. The Bertz CT molecular complexity index is 679. The number of hydrogen-bond donors (Lipinski definition) is 1. The zero-order valence-corrected chi connectivity index (χ0v) is 13.6. The number of nitrogens with one attached hydrogen (secondary N) is 1. The second-order valence-corrected chi connectivity index (χ2v) is 6.83. The summed E-state index contributed by atoms with van der Waals surface area (Å²) in [5.41, 5.74) is 1.58. The van der Waals surface area contributed by atoms with Gasteiger partial charge >= 0.3 is 0 Å². The van der Waals surface area contributed by atoms with E-state index in [-0.39, 0.29) is 5.78 Å². The van der Waals surface area contributed by atoms with E-state index in [1.54, 1.807) is 18.2 Å². The van der Waals surface area contributed by atoms with Crippen molar-refractivity contribution >= 4 is 17.4 Å². The van der Waals surface area contributed by atoms with Gasteiger partial charge in [0.15, 0.2) is 5.78 Å². The van der Waals surface area contributed by atoms with Gasteiger partial charge in [0.05, 0.1) is 18.2 Å². The van der Waals surface area contributed by atoms with Crippen molar-refractivity contribution in [2.75, 3.05) is 7.11 Å². The molecule has 6 heteroatoms. The van der Waals surface area contributed by atoms with Gasteiger partial charge in [0.2, 0.25) is 5.88 Å². The molecule has 2 unspecified atom stereocenters. The van der Waals surface area contributed by atoms with Gasteiger partial charge in [0, 0.05) is 17.3 Å². The van der Waals surface area contributed by atoms with Crippen LogP contribution in [0.25, 0.3) is 0 Å². The Hall–Kier alpha value is -1.88. The van der Waals surface area contributed by atoms with Gasteiger partial charge in [0.1, 0.15) is 5.00 Å². The Morgan fingerprint density at radius 3 is 2.73 bits per heavy atom. The number of methoxy groups -OCH3 is 1. The van der Waals surface area contributed by atoms with E-state index in [1.165, 1.54) is 7.11 Å². The molecule has 2 atom stereocenters. The van der Waals surface area contributed by atoms with Crippen LogP contribution in [-0.2, 0) is 10.2 Å². The largest absolute Gasteiger partial charge is 0.480 e. The molecule has 0 fully saturated rings. The molecular formula is C16H18ClN3O2. The van der Waals surface area contributed by atoms with E-state index in [1.807, 2.05) is 19.9 Å². The van der Waals surface area contributed by atoms with Crippen LogP contribution in [0.5, 0.6) is 5.88 Å². The summed E-state index contributed by atoms with van der Waals surface area (Å²) in [7, 11) is 1.54. The molecule has 0 aromatic carbocycles. The van der Waals surface area contributed by atoms with Crippen molar-refractivity contribution in [3.63, 3.8) is 0 Å². The van der Waals surface area contributed by atoms with E-state index >= 15 is 0 Å². The molecule has 2 aliphatic rings. The first-order valence-electron chi connectivity index (χ1n) is 7.18. The molecule has 3 rings (SSSR count). The second kappa shape index (κ2) is 5.09. The smallest absolute Gasteiger partial charge is 0.233 e.